The predicted octanol–water partition coefficient (Wildman–Crippen LogP) is 0.725. The number of anilines is 2. The number of rotatable bonds is 3. The lowest BCUT2D eigenvalue weighted by Crippen LogP contribution is -2.19. The van der Waals surface area contributed by atoms with E-state index in [1.807, 2.05) is 0 Å². The zero-order chi connectivity index (χ0) is 11.4. The Morgan fingerprint density at radius 1 is 1.60 bits per heavy atom. The van der Waals surface area contributed by atoms with Gasteiger partial charge in [-0.15, -0.1) is 0 Å². The number of halogens is 1. The van der Waals surface area contributed by atoms with Gasteiger partial charge >= 0.3 is 0 Å². The van der Waals surface area contributed by atoms with Gasteiger partial charge in [0.2, 0.25) is 5.91 Å². The quantitative estimate of drug-likeness (QED) is 0.752. The van der Waals surface area contributed by atoms with Crippen LogP contribution in [0.5, 0.6) is 0 Å². The van der Waals surface area contributed by atoms with E-state index in [9.17, 15) is 13.4 Å². The van der Waals surface area contributed by atoms with Crippen LogP contribution in [-0.2, 0) is 15.6 Å². The lowest BCUT2D eigenvalue weighted by atomic mass is 10.2. The van der Waals surface area contributed by atoms with Crippen LogP contribution in [0.4, 0.5) is 15.8 Å². The van der Waals surface area contributed by atoms with Gasteiger partial charge in [0.15, 0.2) is 0 Å². The molecule has 0 saturated heterocycles. The summed E-state index contributed by atoms with van der Waals surface area (Å²) in [5, 5.41) is 2.30. The summed E-state index contributed by atoms with van der Waals surface area (Å²) >= 11 is 0. The molecule has 0 saturated carbocycles. The molecular formula is C9H11FN2O2S. The largest absolute Gasteiger partial charge is 0.399 e. The van der Waals surface area contributed by atoms with E-state index in [2.05, 4.69) is 5.32 Å². The molecule has 1 unspecified atom stereocenters. The van der Waals surface area contributed by atoms with Crippen LogP contribution in [0.1, 0.15) is 0 Å². The lowest BCUT2D eigenvalue weighted by molar-refractivity contribution is -0.113. The number of nitrogen functional groups attached to an aromatic ring is 1. The van der Waals surface area contributed by atoms with Crippen LogP contribution in [0.15, 0.2) is 18.2 Å². The Balaban J connectivity index is 2.76. The first-order chi connectivity index (χ1) is 6.99. The fraction of sp³-hybridized carbons (Fsp3) is 0.222. The van der Waals surface area contributed by atoms with Crippen LogP contribution in [-0.4, -0.2) is 22.1 Å². The standard InChI is InChI=1S/C9H11FN2O2S/c1-15(14)5-9(13)12-8-4-6(11)2-3-7(8)10/h2-4H,5,11H2,1H3,(H,12,13). The van der Waals surface area contributed by atoms with Crippen molar-refractivity contribution < 1.29 is 13.4 Å². The molecule has 1 atom stereocenters. The minimum Gasteiger partial charge on any atom is -0.399 e. The Bertz CT molecular complexity index is 409. The highest BCUT2D eigenvalue weighted by Crippen LogP contribution is 2.17. The number of nitrogens with two attached hydrogens (primary N) is 1. The van der Waals surface area contributed by atoms with Crippen LogP contribution in [0.2, 0.25) is 0 Å². The number of carbonyl (C=O) groups is 1. The van der Waals surface area contributed by atoms with Crippen molar-refractivity contribution in [3.63, 3.8) is 0 Å². The number of nitrogens with one attached hydrogen (secondary N) is 1. The molecule has 15 heavy (non-hydrogen) atoms. The number of hydrogen-bond acceptors (Lipinski definition) is 3. The Labute approximate surface area is 89.1 Å². The molecule has 1 amide bonds. The number of carbonyl (C=O) groups excluding carboxylic acids is 1. The van der Waals surface area contributed by atoms with Gasteiger partial charge in [0, 0.05) is 22.7 Å². The summed E-state index contributed by atoms with van der Waals surface area (Å²) in [6, 6.07) is 3.86. The van der Waals surface area contributed by atoms with Crippen molar-refractivity contribution in [1.29, 1.82) is 0 Å². The van der Waals surface area contributed by atoms with Crippen molar-refractivity contribution in [2.45, 2.75) is 0 Å². The average Bonchev–Trinajstić information content (AvgIpc) is 2.10. The molecule has 0 bridgehead atoms. The smallest absolute Gasteiger partial charge is 0.237 e. The average molecular weight is 230 g/mol. The summed E-state index contributed by atoms with van der Waals surface area (Å²) in [6.45, 7) is 0. The van der Waals surface area contributed by atoms with Crippen molar-refractivity contribution in [2.24, 2.45) is 0 Å². The third kappa shape index (κ3) is 3.67. The molecule has 0 aliphatic rings. The molecule has 82 valence electrons. The fourth-order valence-electron chi connectivity index (χ4n) is 1.01. The summed E-state index contributed by atoms with van der Waals surface area (Å²) in [4.78, 5) is 11.2. The summed E-state index contributed by atoms with van der Waals surface area (Å²) in [7, 11) is -1.25. The minimum atomic E-state index is -1.25. The summed E-state index contributed by atoms with van der Waals surface area (Å²) in [6.07, 6.45) is 1.40. The molecular weight excluding hydrogens is 219 g/mol. The van der Waals surface area contributed by atoms with Gasteiger partial charge in [0.25, 0.3) is 0 Å². The van der Waals surface area contributed by atoms with Gasteiger partial charge in [-0.1, -0.05) is 0 Å². The van der Waals surface area contributed by atoms with Crippen molar-refractivity contribution in [3.8, 4) is 0 Å². The monoisotopic (exact) mass is 230 g/mol. The van der Waals surface area contributed by atoms with Crippen molar-refractivity contribution in [2.75, 3.05) is 23.1 Å². The van der Waals surface area contributed by atoms with Gasteiger partial charge < -0.3 is 11.1 Å². The molecule has 0 aliphatic carbocycles. The second-order valence-corrected chi connectivity index (χ2v) is 4.44. The highest BCUT2D eigenvalue weighted by atomic mass is 32.2. The lowest BCUT2D eigenvalue weighted by Gasteiger charge is -2.05. The number of hydrogen-bond donors (Lipinski definition) is 2. The molecule has 6 heteroatoms. The first-order valence-electron chi connectivity index (χ1n) is 4.14. The second-order valence-electron chi connectivity index (χ2n) is 3.00. The summed E-state index contributed by atoms with van der Waals surface area (Å²) < 4.78 is 23.8. The molecule has 3 N–H and O–H groups in total. The number of benzene rings is 1. The normalized spacial score (nSPS) is 12.1. The molecule has 1 rings (SSSR count). The molecule has 1 aromatic carbocycles. The van der Waals surface area contributed by atoms with Crippen LogP contribution >= 0.6 is 0 Å². The topological polar surface area (TPSA) is 72.2 Å². The Morgan fingerprint density at radius 3 is 2.87 bits per heavy atom. The molecule has 0 aromatic heterocycles. The van der Waals surface area contributed by atoms with Crippen LogP contribution in [0.25, 0.3) is 0 Å². The van der Waals surface area contributed by atoms with Gasteiger partial charge in [0.1, 0.15) is 11.6 Å². The van der Waals surface area contributed by atoms with Gasteiger partial charge in [-0.2, -0.15) is 0 Å². The van der Waals surface area contributed by atoms with Crippen molar-refractivity contribution >= 4 is 28.1 Å². The van der Waals surface area contributed by atoms with Gasteiger partial charge in [0.05, 0.1) is 5.69 Å². The fourth-order valence-corrected chi connectivity index (χ4v) is 1.45. The van der Waals surface area contributed by atoms with E-state index in [0.717, 1.165) is 6.07 Å². The first-order valence-corrected chi connectivity index (χ1v) is 5.86. The zero-order valence-electron chi connectivity index (χ0n) is 8.12. The molecule has 0 heterocycles. The zero-order valence-corrected chi connectivity index (χ0v) is 8.94. The molecule has 1 aromatic rings. The van der Waals surface area contributed by atoms with E-state index in [1.54, 1.807) is 0 Å². The maximum atomic E-state index is 13.1. The van der Waals surface area contributed by atoms with E-state index in [4.69, 9.17) is 5.73 Å². The SMILES string of the molecule is CS(=O)CC(=O)Nc1cc(N)ccc1F. The second kappa shape index (κ2) is 4.88. The Kier molecular flexibility index (Phi) is 3.79. The van der Waals surface area contributed by atoms with Crippen LogP contribution < -0.4 is 11.1 Å². The van der Waals surface area contributed by atoms with E-state index in [1.165, 1.54) is 18.4 Å². The molecule has 0 aliphatic heterocycles. The maximum absolute atomic E-state index is 13.1. The highest BCUT2D eigenvalue weighted by Gasteiger charge is 2.08. The van der Waals surface area contributed by atoms with E-state index in [-0.39, 0.29) is 11.4 Å². The number of amides is 1. The predicted molar refractivity (Wildman–Crippen MR) is 58.4 cm³/mol. The maximum Gasteiger partial charge on any atom is 0.237 e. The Hall–Kier alpha value is -1.43. The van der Waals surface area contributed by atoms with Crippen LogP contribution in [0.3, 0.4) is 0 Å². The first kappa shape index (κ1) is 11.6. The molecule has 0 fully saturated rings. The minimum absolute atomic E-state index is 0.00505. The molecule has 4 nitrogen and oxygen atoms in total. The van der Waals surface area contributed by atoms with Crippen molar-refractivity contribution in [1.82, 2.24) is 0 Å². The van der Waals surface area contributed by atoms with Crippen molar-refractivity contribution in [3.05, 3.63) is 24.0 Å². The van der Waals surface area contributed by atoms with Crippen LogP contribution in [0, 0.1) is 5.82 Å². The Morgan fingerprint density at radius 2 is 2.27 bits per heavy atom. The highest BCUT2D eigenvalue weighted by molar-refractivity contribution is 7.85. The van der Waals surface area contributed by atoms with Gasteiger partial charge in [-0.25, -0.2) is 4.39 Å². The molecule has 0 spiro atoms. The van der Waals surface area contributed by atoms with Gasteiger partial charge in [-0.3, -0.25) is 9.00 Å². The van der Waals surface area contributed by atoms with Gasteiger partial charge in [-0.05, 0) is 18.2 Å². The summed E-state index contributed by atoms with van der Waals surface area (Å²) in [5.41, 5.74) is 5.78. The van der Waals surface area contributed by atoms with E-state index >= 15 is 0 Å². The summed E-state index contributed by atoms with van der Waals surface area (Å²) in [5.74, 6) is -1.23. The third-order valence-corrected chi connectivity index (χ3v) is 2.27. The molecule has 0 radical (unpaired) electrons. The van der Waals surface area contributed by atoms with E-state index in [0.29, 0.717) is 5.69 Å². The third-order valence-electron chi connectivity index (χ3n) is 1.60. The van der Waals surface area contributed by atoms with E-state index < -0.39 is 22.5 Å².